The number of carbonyl (C=O) groups excluding carboxylic acids is 1. The Bertz CT molecular complexity index is 487. The Morgan fingerprint density at radius 2 is 1.85 bits per heavy atom. The van der Waals surface area contributed by atoms with Crippen molar-refractivity contribution in [2.24, 2.45) is 5.41 Å². The molecule has 0 bridgehead atoms. The molecule has 0 saturated heterocycles. The van der Waals surface area contributed by atoms with Crippen LogP contribution in [0, 0.1) is 5.41 Å². The Kier molecular flexibility index (Phi) is 4.79. The SMILES string of the molecule is CCc1cc(C(=O)NC(C)(C)CC(C)(C)C)cc(N)n1. The first-order chi connectivity index (χ1) is 9.02. The second kappa shape index (κ2) is 5.81. The third-order valence-electron chi connectivity index (χ3n) is 2.95. The fourth-order valence-electron chi connectivity index (χ4n) is 2.67. The second-order valence-electron chi connectivity index (χ2n) is 7.20. The summed E-state index contributed by atoms with van der Waals surface area (Å²) in [6, 6.07) is 3.43. The molecule has 0 saturated carbocycles. The quantitative estimate of drug-likeness (QED) is 0.888. The van der Waals surface area contributed by atoms with Crippen molar-refractivity contribution < 1.29 is 4.79 Å². The van der Waals surface area contributed by atoms with Crippen LogP contribution in [0.1, 0.15) is 64.0 Å². The standard InChI is InChI=1S/C16H27N3O/c1-7-12-8-11(9-13(17)18-12)14(20)19-16(5,6)10-15(2,3)4/h8-9H,7,10H2,1-6H3,(H2,17,18)(H,19,20). The van der Waals surface area contributed by atoms with Crippen molar-refractivity contribution in [3.63, 3.8) is 0 Å². The molecule has 112 valence electrons. The highest BCUT2D eigenvalue weighted by atomic mass is 16.1. The van der Waals surface area contributed by atoms with Gasteiger partial charge in [0.15, 0.2) is 0 Å². The third kappa shape index (κ3) is 5.19. The summed E-state index contributed by atoms with van der Waals surface area (Å²) in [5.41, 5.74) is 7.06. The van der Waals surface area contributed by atoms with E-state index in [9.17, 15) is 4.79 Å². The lowest BCUT2D eigenvalue weighted by atomic mass is 9.81. The highest BCUT2D eigenvalue weighted by Gasteiger charge is 2.27. The van der Waals surface area contributed by atoms with Crippen LogP contribution in [0.15, 0.2) is 12.1 Å². The van der Waals surface area contributed by atoms with Gasteiger partial charge in [0.05, 0.1) is 0 Å². The molecule has 1 aromatic rings. The monoisotopic (exact) mass is 277 g/mol. The van der Waals surface area contributed by atoms with Crippen LogP contribution >= 0.6 is 0 Å². The number of nitrogens with two attached hydrogens (primary N) is 1. The van der Waals surface area contributed by atoms with Gasteiger partial charge in [-0.3, -0.25) is 4.79 Å². The average molecular weight is 277 g/mol. The van der Waals surface area contributed by atoms with Crippen molar-refractivity contribution in [2.75, 3.05) is 5.73 Å². The molecule has 4 heteroatoms. The topological polar surface area (TPSA) is 68.0 Å². The fraction of sp³-hybridized carbons (Fsp3) is 0.625. The van der Waals surface area contributed by atoms with E-state index >= 15 is 0 Å². The number of carbonyl (C=O) groups is 1. The number of pyridine rings is 1. The summed E-state index contributed by atoms with van der Waals surface area (Å²) in [6.07, 6.45) is 1.66. The van der Waals surface area contributed by atoms with Gasteiger partial charge >= 0.3 is 0 Å². The molecule has 0 radical (unpaired) electrons. The van der Waals surface area contributed by atoms with Gasteiger partial charge in [0.1, 0.15) is 5.82 Å². The minimum absolute atomic E-state index is 0.0944. The number of hydrogen-bond acceptors (Lipinski definition) is 3. The van der Waals surface area contributed by atoms with Crippen molar-refractivity contribution in [1.82, 2.24) is 10.3 Å². The van der Waals surface area contributed by atoms with Crippen LogP contribution < -0.4 is 11.1 Å². The first kappa shape index (κ1) is 16.5. The minimum Gasteiger partial charge on any atom is -0.384 e. The summed E-state index contributed by atoms with van der Waals surface area (Å²) in [7, 11) is 0. The van der Waals surface area contributed by atoms with Gasteiger partial charge in [-0.25, -0.2) is 4.98 Å². The molecular weight excluding hydrogens is 250 g/mol. The molecule has 0 fully saturated rings. The number of anilines is 1. The molecule has 1 aromatic heterocycles. The smallest absolute Gasteiger partial charge is 0.251 e. The lowest BCUT2D eigenvalue weighted by molar-refractivity contribution is 0.0891. The zero-order valence-corrected chi connectivity index (χ0v) is 13.5. The molecule has 1 rings (SSSR count). The second-order valence-corrected chi connectivity index (χ2v) is 7.20. The van der Waals surface area contributed by atoms with Gasteiger partial charge in [-0.2, -0.15) is 0 Å². The molecule has 0 aliphatic carbocycles. The van der Waals surface area contributed by atoms with Crippen LogP contribution in [0.2, 0.25) is 0 Å². The lowest BCUT2D eigenvalue weighted by Gasteiger charge is -2.33. The van der Waals surface area contributed by atoms with E-state index in [-0.39, 0.29) is 16.9 Å². The number of nitrogens with zero attached hydrogens (tertiary/aromatic N) is 1. The van der Waals surface area contributed by atoms with Gasteiger partial charge in [-0.15, -0.1) is 0 Å². The van der Waals surface area contributed by atoms with E-state index in [0.29, 0.717) is 11.4 Å². The van der Waals surface area contributed by atoms with E-state index in [2.05, 4.69) is 31.1 Å². The Morgan fingerprint density at radius 1 is 1.25 bits per heavy atom. The van der Waals surface area contributed by atoms with Crippen molar-refractivity contribution in [2.45, 2.75) is 59.9 Å². The van der Waals surface area contributed by atoms with Crippen LogP contribution in [0.5, 0.6) is 0 Å². The molecule has 0 aliphatic rings. The van der Waals surface area contributed by atoms with Crippen molar-refractivity contribution in [1.29, 1.82) is 0 Å². The highest BCUT2D eigenvalue weighted by molar-refractivity contribution is 5.95. The normalized spacial score (nSPS) is 12.3. The van der Waals surface area contributed by atoms with Gasteiger partial charge in [0, 0.05) is 16.8 Å². The number of nitrogen functional groups attached to an aromatic ring is 1. The Morgan fingerprint density at radius 3 is 2.35 bits per heavy atom. The van der Waals surface area contributed by atoms with E-state index < -0.39 is 0 Å². The van der Waals surface area contributed by atoms with Gasteiger partial charge < -0.3 is 11.1 Å². The van der Waals surface area contributed by atoms with Crippen LogP contribution in [-0.4, -0.2) is 16.4 Å². The Hall–Kier alpha value is -1.58. The van der Waals surface area contributed by atoms with E-state index in [1.54, 1.807) is 12.1 Å². The number of amides is 1. The minimum atomic E-state index is -0.264. The number of hydrogen-bond donors (Lipinski definition) is 2. The average Bonchev–Trinajstić information content (AvgIpc) is 2.23. The van der Waals surface area contributed by atoms with Crippen molar-refractivity contribution in [3.05, 3.63) is 23.4 Å². The summed E-state index contributed by atoms with van der Waals surface area (Å²) in [6.45, 7) is 12.6. The summed E-state index contributed by atoms with van der Waals surface area (Å²) in [5, 5.41) is 3.09. The van der Waals surface area contributed by atoms with Crippen LogP contribution in [0.4, 0.5) is 5.82 Å². The molecule has 0 aliphatic heterocycles. The number of aryl methyl sites for hydroxylation is 1. The number of nitrogens with one attached hydrogen (secondary N) is 1. The zero-order valence-electron chi connectivity index (χ0n) is 13.5. The van der Waals surface area contributed by atoms with E-state index in [1.165, 1.54) is 0 Å². The maximum absolute atomic E-state index is 12.4. The van der Waals surface area contributed by atoms with Gasteiger partial charge in [-0.1, -0.05) is 27.7 Å². The largest absolute Gasteiger partial charge is 0.384 e. The highest BCUT2D eigenvalue weighted by Crippen LogP contribution is 2.27. The van der Waals surface area contributed by atoms with Crippen molar-refractivity contribution in [3.8, 4) is 0 Å². The maximum atomic E-state index is 12.4. The third-order valence-corrected chi connectivity index (χ3v) is 2.95. The van der Waals surface area contributed by atoms with Crippen LogP contribution in [0.3, 0.4) is 0 Å². The zero-order chi connectivity index (χ0) is 15.6. The molecule has 3 N–H and O–H groups in total. The molecule has 0 spiro atoms. The van der Waals surface area contributed by atoms with Gasteiger partial charge in [0.25, 0.3) is 5.91 Å². The Balaban J connectivity index is 2.88. The van der Waals surface area contributed by atoms with E-state index in [0.717, 1.165) is 18.5 Å². The van der Waals surface area contributed by atoms with Gasteiger partial charge in [-0.05, 0) is 44.2 Å². The first-order valence-corrected chi connectivity index (χ1v) is 7.11. The number of aromatic nitrogens is 1. The molecule has 4 nitrogen and oxygen atoms in total. The van der Waals surface area contributed by atoms with Gasteiger partial charge in [0.2, 0.25) is 0 Å². The Labute approximate surface area is 122 Å². The predicted octanol–water partition coefficient (Wildman–Crippen LogP) is 3.17. The number of rotatable bonds is 4. The summed E-state index contributed by atoms with van der Waals surface area (Å²) >= 11 is 0. The first-order valence-electron chi connectivity index (χ1n) is 7.11. The summed E-state index contributed by atoms with van der Waals surface area (Å²) < 4.78 is 0. The molecule has 0 atom stereocenters. The molecule has 1 amide bonds. The summed E-state index contributed by atoms with van der Waals surface area (Å²) in [4.78, 5) is 16.6. The van der Waals surface area contributed by atoms with Crippen molar-refractivity contribution >= 4 is 11.7 Å². The maximum Gasteiger partial charge on any atom is 0.251 e. The van der Waals surface area contributed by atoms with Crippen LogP contribution in [-0.2, 0) is 6.42 Å². The molecule has 20 heavy (non-hydrogen) atoms. The van der Waals surface area contributed by atoms with E-state index in [4.69, 9.17) is 5.73 Å². The van der Waals surface area contributed by atoms with E-state index in [1.807, 2.05) is 20.8 Å². The molecular formula is C16H27N3O. The van der Waals surface area contributed by atoms with Crippen LogP contribution in [0.25, 0.3) is 0 Å². The fourth-order valence-corrected chi connectivity index (χ4v) is 2.67. The molecule has 0 unspecified atom stereocenters. The summed E-state index contributed by atoms with van der Waals surface area (Å²) in [5.74, 6) is 0.297. The molecule has 0 aromatic carbocycles. The lowest BCUT2D eigenvalue weighted by Crippen LogP contribution is -2.45. The predicted molar refractivity (Wildman–Crippen MR) is 83.6 cm³/mol. The molecule has 1 heterocycles.